The third-order valence-corrected chi connectivity index (χ3v) is 4.61. The topological polar surface area (TPSA) is 76.7 Å². The smallest absolute Gasteiger partial charge is 0.233 e. The highest BCUT2D eigenvalue weighted by Gasteiger charge is 2.18. The van der Waals surface area contributed by atoms with Crippen LogP contribution in [0.4, 0.5) is 11.4 Å². The molecule has 1 heterocycles. The third kappa shape index (κ3) is 4.44. The van der Waals surface area contributed by atoms with Gasteiger partial charge in [0, 0.05) is 17.4 Å². The van der Waals surface area contributed by atoms with Crippen LogP contribution in [0.15, 0.2) is 36.4 Å². The highest BCUT2D eigenvalue weighted by molar-refractivity contribution is 6.08. The van der Waals surface area contributed by atoms with Crippen molar-refractivity contribution in [2.45, 2.75) is 46.0 Å². The molecular weight excluding hydrogens is 356 g/mol. The van der Waals surface area contributed by atoms with Gasteiger partial charge < -0.3 is 20.1 Å². The van der Waals surface area contributed by atoms with Gasteiger partial charge in [0.05, 0.1) is 0 Å². The molecule has 28 heavy (non-hydrogen) atoms. The Bertz CT molecular complexity index is 864. The molecule has 2 N–H and O–H groups in total. The summed E-state index contributed by atoms with van der Waals surface area (Å²) in [5.41, 5.74) is 3.51. The highest BCUT2D eigenvalue weighted by atomic mass is 16.7. The van der Waals surface area contributed by atoms with E-state index in [1.165, 1.54) is 0 Å². The van der Waals surface area contributed by atoms with E-state index in [0.717, 1.165) is 16.8 Å². The van der Waals surface area contributed by atoms with Gasteiger partial charge >= 0.3 is 0 Å². The Morgan fingerprint density at radius 3 is 2.14 bits per heavy atom. The van der Waals surface area contributed by atoms with E-state index in [0.29, 0.717) is 17.2 Å². The molecule has 0 unspecified atom stereocenters. The predicted molar refractivity (Wildman–Crippen MR) is 109 cm³/mol. The van der Waals surface area contributed by atoms with Gasteiger partial charge in [-0.2, -0.15) is 0 Å². The molecule has 0 radical (unpaired) electrons. The number of rotatable bonds is 6. The van der Waals surface area contributed by atoms with E-state index >= 15 is 0 Å². The fourth-order valence-electron chi connectivity index (χ4n) is 3.20. The summed E-state index contributed by atoms with van der Waals surface area (Å²) in [6.07, 6.45) is -0.265. The van der Waals surface area contributed by atoms with E-state index < -0.39 is 0 Å². The number of fused-ring (bicyclic) bond motifs is 1. The van der Waals surface area contributed by atoms with Crippen molar-refractivity contribution in [2.24, 2.45) is 0 Å². The van der Waals surface area contributed by atoms with Crippen molar-refractivity contribution in [2.75, 3.05) is 17.4 Å². The molecule has 2 amide bonds. The van der Waals surface area contributed by atoms with Crippen LogP contribution in [0.25, 0.3) is 0 Å². The lowest BCUT2D eigenvalue weighted by Gasteiger charge is -2.20. The van der Waals surface area contributed by atoms with E-state index in [-0.39, 0.29) is 36.9 Å². The molecule has 1 aliphatic rings. The predicted octanol–water partition coefficient (Wildman–Crippen LogP) is 4.63. The SMILES string of the molecule is CC(C)c1cccc(C(C)C)c1NC(=O)CC(=O)Nc1ccc2c(c1)OCO2. The zero-order chi connectivity index (χ0) is 20.3. The Balaban J connectivity index is 1.68. The van der Waals surface area contributed by atoms with Crippen LogP contribution < -0.4 is 20.1 Å². The molecular formula is C22H26N2O4. The normalized spacial score (nSPS) is 12.4. The van der Waals surface area contributed by atoms with Crippen molar-refractivity contribution >= 4 is 23.2 Å². The standard InChI is InChI=1S/C22H26N2O4/c1-13(2)16-6-5-7-17(14(3)4)22(16)24-21(26)11-20(25)23-15-8-9-18-19(10-15)28-12-27-18/h5-10,13-14H,11-12H2,1-4H3,(H,23,25)(H,24,26). The second-order valence-electron chi connectivity index (χ2n) is 7.46. The average Bonchev–Trinajstić information content (AvgIpc) is 3.08. The van der Waals surface area contributed by atoms with E-state index in [2.05, 4.69) is 38.3 Å². The first-order chi connectivity index (χ1) is 13.3. The second kappa shape index (κ2) is 8.33. The zero-order valence-corrected chi connectivity index (χ0v) is 16.7. The Kier molecular flexibility index (Phi) is 5.87. The summed E-state index contributed by atoms with van der Waals surface area (Å²) in [5, 5.41) is 5.68. The first-order valence-electron chi connectivity index (χ1n) is 9.47. The van der Waals surface area contributed by atoms with Crippen LogP contribution in [0.3, 0.4) is 0 Å². The number of amides is 2. The zero-order valence-electron chi connectivity index (χ0n) is 16.7. The number of hydrogen-bond donors (Lipinski definition) is 2. The molecule has 2 aromatic carbocycles. The molecule has 148 valence electrons. The number of para-hydroxylation sites is 1. The van der Waals surface area contributed by atoms with Crippen molar-refractivity contribution in [3.63, 3.8) is 0 Å². The molecule has 1 aliphatic heterocycles. The monoisotopic (exact) mass is 382 g/mol. The summed E-state index contributed by atoms with van der Waals surface area (Å²) in [6.45, 7) is 8.51. The van der Waals surface area contributed by atoms with Gasteiger partial charge in [0.15, 0.2) is 11.5 Å². The number of ether oxygens (including phenoxy) is 2. The maximum Gasteiger partial charge on any atom is 0.233 e. The van der Waals surface area contributed by atoms with Crippen molar-refractivity contribution in [3.8, 4) is 11.5 Å². The lowest BCUT2D eigenvalue weighted by molar-refractivity contribution is -0.123. The van der Waals surface area contributed by atoms with Crippen LogP contribution in [0.5, 0.6) is 11.5 Å². The van der Waals surface area contributed by atoms with Gasteiger partial charge in [0.25, 0.3) is 0 Å². The second-order valence-corrected chi connectivity index (χ2v) is 7.46. The van der Waals surface area contributed by atoms with Gasteiger partial charge in [-0.05, 0) is 35.1 Å². The van der Waals surface area contributed by atoms with E-state index in [4.69, 9.17) is 9.47 Å². The minimum atomic E-state index is -0.385. The largest absolute Gasteiger partial charge is 0.454 e. The molecule has 2 aromatic rings. The molecule has 3 rings (SSSR count). The van der Waals surface area contributed by atoms with Gasteiger partial charge in [-0.15, -0.1) is 0 Å². The number of hydrogen-bond acceptors (Lipinski definition) is 4. The number of benzene rings is 2. The molecule has 0 atom stereocenters. The molecule has 0 bridgehead atoms. The number of carbonyl (C=O) groups excluding carboxylic acids is 2. The quantitative estimate of drug-likeness (QED) is 0.714. The maximum absolute atomic E-state index is 12.5. The molecule has 0 aromatic heterocycles. The number of carbonyl (C=O) groups is 2. The fourth-order valence-corrected chi connectivity index (χ4v) is 3.20. The van der Waals surface area contributed by atoms with Crippen molar-refractivity contribution in [1.82, 2.24) is 0 Å². The van der Waals surface area contributed by atoms with E-state index in [1.54, 1.807) is 18.2 Å². The first-order valence-corrected chi connectivity index (χ1v) is 9.47. The van der Waals surface area contributed by atoms with E-state index in [9.17, 15) is 9.59 Å². The van der Waals surface area contributed by atoms with Crippen molar-refractivity contribution in [1.29, 1.82) is 0 Å². The van der Waals surface area contributed by atoms with Gasteiger partial charge in [-0.3, -0.25) is 9.59 Å². The molecule has 0 aliphatic carbocycles. The van der Waals surface area contributed by atoms with Crippen molar-refractivity contribution in [3.05, 3.63) is 47.5 Å². The minimum Gasteiger partial charge on any atom is -0.454 e. The van der Waals surface area contributed by atoms with Crippen LogP contribution in [0.1, 0.15) is 57.1 Å². The van der Waals surface area contributed by atoms with Crippen LogP contribution in [-0.2, 0) is 9.59 Å². The Hall–Kier alpha value is -3.02. The summed E-state index contributed by atoms with van der Waals surface area (Å²) in [4.78, 5) is 24.8. The first kappa shape index (κ1) is 19.7. The highest BCUT2D eigenvalue weighted by Crippen LogP contribution is 2.34. The fraction of sp³-hybridized carbons (Fsp3) is 0.364. The summed E-state index contributed by atoms with van der Waals surface area (Å²) < 4.78 is 10.6. The Labute approximate surface area is 165 Å². The summed E-state index contributed by atoms with van der Waals surface area (Å²) in [6, 6.07) is 11.2. The van der Waals surface area contributed by atoms with Crippen molar-refractivity contribution < 1.29 is 19.1 Å². The molecule has 0 saturated carbocycles. The Morgan fingerprint density at radius 2 is 1.50 bits per heavy atom. The maximum atomic E-state index is 12.5. The molecule has 0 saturated heterocycles. The van der Waals surface area contributed by atoms with Crippen LogP contribution in [0.2, 0.25) is 0 Å². The molecule has 6 heteroatoms. The van der Waals surface area contributed by atoms with E-state index in [1.807, 2.05) is 18.2 Å². The van der Waals surface area contributed by atoms with Crippen LogP contribution >= 0.6 is 0 Å². The summed E-state index contributed by atoms with van der Waals surface area (Å²) in [7, 11) is 0. The summed E-state index contributed by atoms with van der Waals surface area (Å²) in [5.74, 6) is 1.02. The van der Waals surface area contributed by atoms with Crippen LogP contribution in [0, 0.1) is 0 Å². The van der Waals surface area contributed by atoms with Gasteiger partial charge in [0.1, 0.15) is 6.42 Å². The van der Waals surface area contributed by atoms with Crippen LogP contribution in [-0.4, -0.2) is 18.6 Å². The third-order valence-electron chi connectivity index (χ3n) is 4.61. The lowest BCUT2D eigenvalue weighted by atomic mass is 9.92. The molecule has 6 nitrogen and oxygen atoms in total. The summed E-state index contributed by atoms with van der Waals surface area (Å²) >= 11 is 0. The average molecular weight is 382 g/mol. The minimum absolute atomic E-state index is 0.169. The van der Waals surface area contributed by atoms with Gasteiger partial charge in [-0.25, -0.2) is 0 Å². The number of anilines is 2. The van der Waals surface area contributed by atoms with Gasteiger partial charge in [-0.1, -0.05) is 45.9 Å². The number of nitrogens with one attached hydrogen (secondary N) is 2. The Morgan fingerprint density at radius 1 is 0.893 bits per heavy atom. The van der Waals surface area contributed by atoms with Gasteiger partial charge in [0.2, 0.25) is 18.6 Å². The lowest BCUT2D eigenvalue weighted by Crippen LogP contribution is -2.22. The molecule has 0 fully saturated rings. The molecule has 0 spiro atoms.